The molecule has 22 rings (SSSR count). The van der Waals surface area contributed by atoms with Crippen LogP contribution in [0.15, 0.2) is 400 Å². The van der Waals surface area contributed by atoms with E-state index in [0.29, 0.717) is 34.9 Å². The van der Waals surface area contributed by atoms with Gasteiger partial charge in [0, 0.05) is 44.2 Å². The highest BCUT2D eigenvalue weighted by molar-refractivity contribution is 5.92. The third kappa shape index (κ3) is 13.9. The molecule has 2 aromatic heterocycles. The standard InChI is InChI=1S/2C57H43N3/c1-4-17-39(18-5-1)41-21-14-27-47(37-41)55-58-54(40-19-6-2-7-20-40)59-56(60-55)48-28-15-25-45(38-48)43-23-12-22-42(35-43)44-24-13-26-46(36-44)49-30-16-31-51-50-29-8-9-32-52(50)57(53(49)51)33-10-3-11-34-57;1-4-16-39(17-5-1)44-21-13-24-47(37-44)55-58-54(42-18-6-2-7-19-42)59-56(60-55)48-25-14-22-45(38-48)41-32-30-40(31-33-41)43-20-12-23-46(36-43)49-27-15-28-51-50-26-8-9-29-52(50)57(53(49)51)34-10-3-11-35-57/h1-2,4-9,12-32,35-38H,3,10-11,33-34H2;1-2,4-9,12-33,36-38H,3,10-11,34-35H2. The second-order valence-electron chi connectivity index (χ2n) is 32.6. The van der Waals surface area contributed by atoms with E-state index >= 15 is 0 Å². The monoisotopic (exact) mass is 1540 g/mol. The smallest absolute Gasteiger partial charge is 0.164 e. The first-order valence-corrected chi connectivity index (χ1v) is 42.5. The van der Waals surface area contributed by atoms with Gasteiger partial charge in [-0.1, -0.05) is 396 Å². The summed E-state index contributed by atoms with van der Waals surface area (Å²) >= 11 is 0. The molecule has 4 aliphatic rings. The van der Waals surface area contributed by atoms with Crippen LogP contribution in [0.3, 0.4) is 0 Å². The fourth-order valence-corrected chi connectivity index (χ4v) is 19.7. The molecular weight excluding hydrogens is 1450 g/mol. The summed E-state index contributed by atoms with van der Waals surface area (Å²) in [6, 6.07) is 144. The van der Waals surface area contributed by atoms with Crippen molar-refractivity contribution in [2.24, 2.45) is 0 Å². The summed E-state index contributed by atoms with van der Waals surface area (Å²) in [6.07, 6.45) is 12.7. The van der Waals surface area contributed by atoms with Gasteiger partial charge < -0.3 is 0 Å². The average Bonchev–Trinajstić information content (AvgIpc) is 1.55. The molecule has 0 atom stereocenters. The topological polar surface area (TPSA) is 77.3 Å². The van der Waals surface area contributed by atoms with Gasteiger partial charge in [-0.3, -0.25) is 0 Å². The van der Waals surface area contributed by atoms with Crippen LogP contribution in [0.4, 0.5) is 0 Å². The Morgan fingerprint density at radius 2 is 0.342 bits per heavy atom. The first-order valence-electron chi connectivity index (χ1n) is 42.5. The Bertz CT molecular complexity index is 6840. The van der Waals surface area contributed by atoms with E-state index in [1.54, 1.807) is 5.56 Å². The Morgan fingerprint density at radius 1 is 0.142 bits per heavy atom. The quantitative estimate of drug-likeness (QED) is 0.108. The molecule has 0 amide bonds. The summed E-state index contributed by atoms with van der Waals surface area (Å²) in [5.41, 5.74) is 36.9. The normalized spacial score (nSPS) is 13.8. The molecule has 18 aromatic rings. The lowest BCUT2D eigenvalue weighted by Crippen LogP contribution is -2.28. The van der Waals surface area contributed by atoms with Gasteiger partial charge in [0.1, 0.15) is 0 Å². The Kier molecular flexibility index (Phi) is 19.4. The zero-order valence-corrected chi connectivity index (χ0v) is 66.9. The van der Waals surface area contributed by atoms with Crippen molar-refractivity contribution in [1.82, 2.24) is 29.9 Å². The second kappa shape index (κ2) is 31.9. The van der Waals surface area contributed by atoms with Gasteiger partial charge in [-0.25, -0.2) is 29.9 Å². The molecule has 0 unspecified atom stereocenters. The minimum atomic E-state index is 0.0923. The van der Waals surface area contributed by atoms with E-state index in [0.717, 1.165) is 77.9 Å². The van der Waals surface area contributed by atoms with Crippen molar-refractivity contribution in [3.63, 3.8) is 0 Å². The van der Waals surface area contributed by atoms with Crippen molar-refractivity contribution in [2.75, 3.05) is 0 Å². The minimum Gasteiger partial charge on any atom is -0.208 e. The van der Waals surface area contributed by atoms with Crippen molar-refractivity contribution in [2.45, 2.75) is 75.0 Å². The van der Waals surface area contributed by atoms with Crippen molar-refractivity contribution in [1.29, 1.82) is 0 Å². The summed E-state index contributed by atoms with van der Waals surface area (Å²) in [5.74, 6) is 3.87. The summed E-state index contributed by atoms with van der Waals surface area (Å²) in [5, 5.41) is 0. The fraction of sp³-hybridized carbons (Fsp3) is 0.105. The Labute approximate surface area is 702 Å². The Hall–Kier alpha value is -14.5. The van der Waals surface area contributed by atoms with Crippen molar-refractivity contribution in [3.8, 4) is 180 Å². The number of fused-ring (bicyclic) bond motifs is 10. The van der Waals surface area contributed by atoms with Crippen molar-refractivity contribution < 1.29 is 0 Å². The van der Waals surface area contributed by atoms with E-state index in [1.807, 2.05) is 48.5 Å². The number of benzene rings is 16. The van der Waals surface area contributed by atoms with E-state index in [1.165, 1.54) is 148 Å². The molecule has 2 spiro atoms. The van der Waals surface area contributed by atoms with Crippen LogP contribution in [0, 0.1) is 0 Å². The van der Waals surface area contributed by atoms with Crippen LogP contribution in [-0.2, 0) is 10.8 Å². The maximum atomic E-state index is 5.12. The largest absolute Gasteiger partial charge is 0.208 e. The first-order chi connectivity index (χ1) is 59.4. The van der Waals surface area contributed by atoms with Crippen LogP contribution in [0.1, 0.15) is 86.5 Å². The zero-order chi connectivity index (χ0) is 79.8. The molecule has 0 radical (unpaired) electrons. The molecule has 0 saturated heterocycles. The van der Waals surface area contributed by atoms with E-state index in [2.05, 4.69) is 352 Å². The first kappa shape index (κ1) is 73.2. The molecule has 572 valence electrons. The lowest BCUT2D eigenvalue weighted by Gasteiger charge is -2.37. The van der Waals surface area contributed by atoms with Gasteiger partial charge in [-0.2, -0.15) is 0 Å². The number of nitrogens with zero attached hydrogens (tertiary/aromatic N) is 6. The van der Waals surface area contributed by atoms with Gasteiger partial charge >= 0.3 is 0 Å². The SMILES string of the molecule is c1ccc(-c2cccc(-c3nc(-c4ccccc4)nc(-c4cccc(-c5ccc(-c6cccc(-c7cccc8c7C7(CCCCC7)c7ccccc7-8)c6)cc5)c4)n3)c2)cc1.c1ccc(-c2cccc(-c3nc(-c4ccccc4)nc(-c4cccc(-c5cccc(-c6cccc(-c7cccc8c7C7(CCCCC7)c7ccccc7-8)c6)c5)c4)n3)c2)cc1. The summed E-state index contributed by atoms with van der Waals surface area (Å²) in [7, 11) is 0. The molecule has 2 fully saturated rings. The van der Waals surface area contributed by atoms with Gasteiger partial charge in [0.05, 0.1) is 0 Å². The van der Waals surface area contributed by atoms with Gasteiger partial charge in [-0.15, -0.1) is 0 Å². The highest BCUT2D eigenvalue weighted by Crippen LogP contribution is 2.60. The molecule has 2 heterocycles. The van der Waals surface area contributed by atoms with Crippen LogP contribution >= 0.6 is 0 Å². The molecule has 16 aromatic carbocycles. The van der Waals surface area contributed by atoms with Crippen LogP contribution in [0.25, 0.3) is 180 Å². The Balaban J connectivity index is 0.000000148. The zero-order valence-electron chi connectivity index (χ0n) is 66.9. The van der Waals surface area contributed by atoms with Crippen molar-refractivity contribution in [3.05, 3.63) is 423 Å². The maximum Gasteiger partial charge on any atom is 0.164 e. The van der Waals surface area contributed by atoms with E-state index in [9.17, 15) is 0 Å². The van der Waals surface area contributed by atoms with Crippen LogP contribution in [-0.4, -0.2) is 29.9 Å². The second-order valence-corrected chi connectivity index (χ2v) is 32.6. The third-order valence-electron chi connectivity index (χ3n) is 25.4. The highest BCUT2D eigenvalue weighted by atomic mass is 15.0. The third-order valence-corrected chi connectivity index (χ3v) is 25.4. The summed E-state index contributed by atoms with van der Waals surface area (Å²) < 4.78 is 0. The molecule has 6 heteroatoms. The van der Waals surface area contributed by atoms with Crippen molar-refractivity contribution >= 4 is 0 Å². The van der Waals surface area contributed by atoms with Gasteiger partial charge in [0.2, 0.25) is 0 Å². The lowest BCUT2D eigenvalue weighted by atomic mass is 9.66. The predicted octanol–water partition coefficient (Wildman–Crippen LogP) is 29.5. The minimum absolute atomic E-state index is 0.0923. The number of aromatic nitrogens is 6. The van der Waals surface area contributed by atoms with Gasteiger partial charge in [0.15, 0.2) is 34.9 Å². The van der Waals surface area contributed by atoms with Gasteiger partial charge in [0.25, 0.3) is 0 Å². The Morgan fingerprint density at radius 3 is 0.658 bits per heavy atom. The number of hydrogen-bond donors (Lipinski definition) is 0. The number of hydrogen-bond acceptors (Lipinski definition) is 6. The molecule has 0 aliphatic heterocycles. The lowest BCUT2D eigenvalue weighted by molar-refractivity contribution is 0.353. The summed E-state index contributed by atoms with van der Waals surface area (Å²) in [4.78, 5) is 30.3. The van der Waals surface area contributed by atoms with E-state index in [4.69, 9.17) is 29.9 Å². The molecule has 0 N–H and O–H groups in total. The molecule has 2 saturated carbocycles. The molecule has 6 nitrogen and oxygen atoms in total. The van der Waals surface area contributed by atoms with Crippen LogP contribution in [0.2, 0.25) is 0 Å². The number of rotatable bonds is 14. The predicted molar refractivity (Wildman–Crippen MR) is 494 cm³/mol. The molecule has 4 aliphatic carbocycles. The van der Waals surface area contributed by atoms with Crippen LogP contribution in [0.5, 0.6) is 0 Å². The fourth-order valence-electron chi connectivity index (χ4n) is 19.7. The van der Waals surface area contributed by atoms with E-state index < -0.39 is 0 Å². The van der Waals surface area contributed by atoms with E-state index in [-0.39, 0.29) is 10.8 Å². The molecular formula is C114H86N6. The van der Waals surface area contributed by atoms with Gasteiger partial charge in [-0.05, 0) is 202 Å². The highest BCUT2D eigenvalue weighted by Gasteiger charge is 2.47. The molecule has 120 heavy (non-hydrogen) atoms. The summed E-state index contributed by atoms with van der Waals surface area (Å²) in [6.45, 7) is 0. The average molecular weight is 1540 g/mol. The maximum absolute atomic E-state index is 5.12. The van der Waals surface area contributed by atoms with Crippen LogP contribution < -0.4 is 0 Å². The molecule has 0 bridgehead atoms.